The van der Waals surface area contributed by atoms with E-state index in [0.29, 0.717) is 0 Å². The second kappa shape index (κ2) is 5.86. The first-order valence-electron chi connectivity index (χ1n) is 5.04. The van der Waals surface area contributed by atoms with Crippen molar-refractivity contribution in [2.75, 3.05) is 5.88 Å². The van der Waals surface area contributed by atoms with Gasteiger partial charge in [-0.1, -0.05) is 11.6 Å². The number of benzene rings is 1. The zero-order valence-corrected chi connectivity index (χ0v) is 11.8. The lowest BCUT2D eigenvalue weighted by atomic mass is 10.3. The summed E-state index contributed by atoms with van der Waals surface area (Å²) in [7, 11) is -3.81. The minimum Gasteiger partial charge on any atom is -0.258 e. The van der Waals surface area contributed by atoms with Crippen LogP contribution in [0.2, 0.25) is 5.02 Å². The molecule has 0 aliphatic carbocycles. The minimum absolute atomic E-state index is 0.136. The van der Waals surface area contributed by atoms with Gasteiger partial charge in [-0.25, -0.2) is 8.42 Å². The van der Waals surface area contributed by atoms with Crippen LogP contribution in [0.25, 0.3) is 0 Å². The molecule has 0 amide bonds. The van der Waals surface area contributed by atoms with Crippen molar-refractivity contribution in [3.05, 3.63) is 33.3 Å². The quantitative estimate of drug-likeness (QED) is 0.475. The number of nitrogens with zero attached hydrogens (tertiary/aromatic N) is 1. The van der Waals surface area contributed by atoms with Crippen LogP contribution in [-0.4, -0.2) is 24.5 Å². The molecule has 0 aliphatic rings. The van der Waals surface area contributed by atoms with E-state index in [2.05, 4.69) is 0 Å². The molecule has 0 aliphatic heterocycles. The molecular formula is C10H11Cl2NO4S. The fraction of sp³-hybridized carbons (Fsp3) is 0.400. The third-order valence-corrected chi connectivity index (χ3v) is 5.16. The molecule has 0 radical (unpaired) electrons. The molecule has 1 unspecified atom stereocenters. The highest BCUT2D eigenvalue weighted by Crippen LogP contribution is 2.30. The maximum atomic E-state index is 12.2. The summed E-state index contributed by atoms with van der Waals surface area (Å²) < 4.78 is 24.4. The van der Waals surface area contributed by atoms with Crippen molar-refractivity contribution >= 4 is 38.7 Å². The van der Waals surface area contributed by atoms with Crippen molar-refractivity contribution in [1.29, 1.82) is 0 Å². The molecule has 0 aromatic heterocycles. The van der Waals surface area contributed by atoms with Gasteiger partial charge in [0.2, 0.25) is 0 Å². The molecular weight excluding hydrogens is 301 g/mol. The van der Waals surface area contributed by atoms with Gasteiger partial charge in [-0.3, -0.25) is 10.1 Å². The lowest BCUT2D eigenvalue weighted by Crippen LogP contribution is -2.19. The van der Waals surface area contributed by atoms with E-state index in [4.69, 9.17) is 23.2 Å². The second-order valence-electron chi connectivity index (χ2n) is 3.70. The van der Waals surface area contributed by atoms with Gasteiger partial charge in [0.15, 0.2) is 9.84 Å². The first-order chi connectivity index (χ1) is 8.30. The summed E-state index contributed by atoms with van der Waals surface area (Å²) in [6.45, 7) is 1.46. The van der Waals surface area contributed by atoms with Gasteiger partial charge in [-0.15, -0.1) is 11.6 Å². The van der Waals surface area contributed by atoms with Crippen LogP contribution in [0, 0.1) is 10.1 Å². The molecule has 8 heteroatoms. The van der Waals surface area contributed by atoms with Crippen molar-refractivity contribution < 1.29 is 13.3 Å². The summed E-state index contributed by atoms with van der Waals surface area (Å²) in [5.41, 5.74) is -0.471. The lowest BCUT2D eigenvalue weighted by Gasteiger charge is -2.11. The van der Waals surface area contributed by atoms with Crippen molar-refractivity contribution in [2.24, 2.45) is 0 Å². The predicted octanol–water partition coefficient (Wildman–Crippen LogP) is 3.04. The highest BCUT2D eigenvalue weighted by molar-refractivity contribution is 7.92. The monoisotopic (exact) mass is 311 g/mol. The van der Waals surface area contributed by atoms with Crippen LogP contribution in [-0.2, 0) is 9.84 Å². The minimum atomic E-state index is -3.81. The summed E-state index contributed by atoms with van der Waals surface area (Å²) in [6, 6.07) is 3.47. The predicted molar refractivity (Wildman–Crippen MR) is 70.1 cm³/mol. The van der Waals surface area contributed by atoms with Crippen LogP contribution < -0.4 is 0 Å². The van der Waals surface area contributed by atoms with Gasteiger partial charge in [0, 0.05) is 17.0 Å². The molecule has 100 valence electrons. The van der Waals surface area contributed by atoms with Crippen LogP contribution in [0.4, 0.5) is 5.69 Å². The van der Waals surface area contributed by atoms with Crippen molar-refractivity contribution in [1.82, 2.24) is 0 Å². The number of nitro benzene ring substituents is 1. The van der Waals surface area contributed by atoms with Gasteiger partial charge < -0.3 is 0 Å². The number of hydrogen-bond acceptors (Lipinski definition) is 4. The van der Waals surface area contributed by atoms with E-state index in [-0.39, 0.29) is 22.2 Å². The molecule has 1 aromatic rings. The van der Waals surface area contributed by atoms with Gasteiger partial charge in [-0.2, -0.15) is 0 Å². The summed E-state index contributed by atoms with van der Waals surface area (Å²) in [4.78, 5) is 9.73. The van der Waals surface area contributed by atoms with Gasteiger partial charge in [0.1, 0.15) is 4.90 Å². The number of alkyl halides is 1. The van der Waals surface area contributed by atoms with Crippen LogP contribution >= 0.6 is 23.2 Å². The van der Waals surface area contributed by atoms with Crippen LogP contribution in [0.1, 0.15) is 13.3 Å². The van der Waals surface area contributed by atoms with E-state index in [1.807, 2.05) is 0 Å². The van der Waals surface area contributed by atoms with Gasteiger partial charge in [0.25, 0.3) is 5.69 Å². The Morgan fingerprint density at radius 1 is 1.44 bits per heavy atom. The Balaban J connectivity index is 3.39. The van der Waals surface area contributed by atoms with E-state index in [0.717, 1.165) is 12.1 Å². The largest absolute Gasteiger partial charge is 0.288 e. The molecule has 1 aromatic carbocycles. The topological polar surface area (TPSA) is 77.3 Å². The first kappa shape index (κ1) is 15.2. The third-order valence-electron chi connectivity index (χ3n) is 2.47. The van der Waals surface area contributed by atoms with Gasteiger partial charge >= 0.3 is 0 Å². The van der Waals surface area contributed by atoms with E-state index in [1.165, 1.54) is 13.0 Å². The van der Waals surface area contributed by atoms with E-state index >= 15 is 0 Å². The SMILES string of the molecule is CC(CCCl)S(=O)(=O)c1cc(Cl)ccc1[N+](=O)[O-]. The number of hydrogen-bond donors (Lipinski definition) is 0. The molecule has 0 heterocycles. The number of rotatable bonds is 5. The standard InChI is InChI=1S/C10H11Cl2NO4S/c1-7(4-5-11)18(16,17)10-6-8(12)2-3-9(10)13(14)15/h2-3,6-7H,4-5H2,1H3. The van der Waals surface area contributed by atoms with E-state index in [9.17, 15) is 18.5 Å². The molecule has 0 saturated carbocycles. The van der Waals surface area contributed by atoms with Crippen LogP contribution in [0.5, 0.6) is 0 Å². The van der Waals surface area contributed by atoms with Gasteiger partial charge in [0.05, 0.1) is 10.2 Å². The number of nitro groups is 1. The smallest absolute Gasteiger partial charge is 0.258 e. The van der Waals surface area contributed by atoms with Crippen LogP contribution in [0.3, 0.4) is 0 Å². The van der Waals surface area contributed by atoms with E-state index in [1.54, 1.807) is 0 Å². The summed E-state index contributed by atoms with van der Waals surface area (Å²) >= 11 is 11.2. The fourth-order valence-electron chi connectivity index (χ4n) is 1.39. The van der Waals surface area contributed by atoms with Crippen LogP contribution in [0.15, 0.2) is 23.1 Å². The zero-order chi connectivity index (χ0) is 13.9. The van der Waals surface area contributed by atoms with Crippen molar-refractivity contribution in [2.45, 2.75) is 23.5 Å². The lowest BCUT2D eigenvalue weighted by molar-refractivity contribution is -0.387. The molecule has 0 saturated heterocycles. The summed E-state index contributed by atoms with van der Waals surface area (Å²) in [5.74, 6) is 0.161. The average molecular weight is 312 g/mol. The molecule has 0 fully saturated rings. The molecule has 0 bridgehead atoms. The Labute approximate surface area is 115 Å². The number of halogens is 2. The van der Waals surface area contributed by atoms with Crippen molar-refractivity contribution in [3.8, 4) is 0 Å². The Kier molecular flexibility index (Phi) is 4.95. The summed E-state index contributed by atoms with van der Waals surface area (Å²) in [5, 5.41) is 10.2. The molecule has 0 spiro atoms. The Hall–Kier alpha value is -0.850. The molecule has 1 atom stereocenters. The third kappa shape index (κ3) is 3.13. The second-order valence-corrected chi connectivity index (χ2v) is 6.85. The zero-order valence-electron chi connectivity index (χ0n) is 9.47. The molecule has 18 heavy (non-hydrogen) atoms. The Bertz CT molecular complexity index is 559. The summed E-state index contributed by atoms with van der Waals surface area (Å²) in [6.07, 6.45) is 0.216. The maximum Gasteiger partial charge on any atom is 0.288 e. The van der Waals surface area contributed by atoms with Crippen molar-refractivity contribution in [3.63, 3.8) is 0 Å². The Morgan fingerprint density at radius 3 is 2.56 bits per heavy atom. The number of sulfone groups is 1. The van der Waals surface area contributed by atoms with E-state index < -0.39 is 25.7 Å². The first-order valence-corrected chi connectivity index (χ1v) is 7.50. The normalized spacial score (nSPS) is 13.3. The fourth-order valence-corrected chi connectivity index (χ4v) is 3.67. The van der Waals surface area contributed by atoms with Gasteiger partial charge in [-0.05, 0) is 25.5 Å². The molecule has 5 nitrogen and oxygen atoms in total. The maximum absolute atomic E-state index is 12.2. The highest BCUT2D eigenvalue weighted by Gasteiger charge is 2.30. The molecule has 1 rings (SSSR count). The Morgan fingerprint density at radius 2 is 2.06 bits per heavy atom. The highest BCUT2D eigenvalue weighted by atomic mass is 35.5. The average Bonchev–Trinajstić information content (AvgIpc) is 2.28. The molecule has 0 N–H and O–H groups in total.